The van der Waals surface area contributed by atoms with Crippen molar-refractivity contribution in [3.05, 3.63) is 18.0 Å². The average molecular weight is 221 g/mol. The predicted octanol–water partition coefficient (Wildman–Crippen LogP) is 1.39. The van der Waals surface area contributed by atoms with Gasteiger partial charge in [0.25, 0.3) is 0 Å². The maximum Gasteiger partial charge on any atom is 0.150 e. The Labute approximate surface area is 96.0 Å². The highest BCUT2D eigenvalue weighted by atomic mass is 16.5. The molecule has 4 heteroatoms. The summed E-state index contributed by atoms with van der Waals surface area (Å²) in [6, 6.07) is 1.96. The van der Waals surface area contributed by atoms with Gasteiger partial charge in [0.1, 0.15) is 0 Å². The minimum atomic E-state index is 0.401. The van der Waals surface area contributed by atoms with E-state index in [1.807, 2.05) is 6.07 Å². The van der Waals surface area contributed by atoms with Crippen molar-refractivity contribution >= 4 is 0 Å². The third kappa shape index (κ3) is 1.99. The second-order valence-electron chi connectivity index (χ2n) is 5.10. The van der Waals surface area contributed by atoms with Crippen molar-refractivity contribution in [1.82, 2.24) is 15.4 Å². The number of aromatic nitrogens is 1. The number of hydrogen-bond donors (Lipinski definition) is 1. The summed E-state index contributed by atoms with van der Waals surface area (Å²) < 4.78 is 5.18. The second-order valence-corrected chi connectivity index (χ2v) is 5.10. The molecular weight excluding hydrogens is 202 g/mol. The lowest BCUT2D eigenvalue weighted by Crippen LogP contribution is -2.58. The molecule has 1 aliphatic heterocycles. The second kappa shape index (κ2) is 4.18. The Morgan fingerprint density at radius 1 is 1.44 bits per heavy atom. The molecule has 2 heterocycles. The van der Waals surface area contributed by atoms with Crippen LogP contribution in [0.2, 0.25) is 0 Å². The van der Waals surface area contributed by atoms with Gasteiger partial charge in [-0.3, -0.25) is 4.90 Å². The summed E-state index contributed by atoms with van der Waals surface area (Å²) in [4.78, 5) is 2.49. The molecule has 16 heavy (non-hydrogen) atoms. The van der Waals surface area contributed by atoms with Crippen LogP contribution in [0.3, 0.4) is 0 Å². The van der Waals surface area contributed by atoms with Crippen LogP contribution in [0.1, 0.15) is 31.4 Å². The van der Waals surface area contributed by atoms with Gasteiger partial charge < -0.3 is 9.84 Å². The van der Waals surface area contributed by atoms with Crippen molar-refractivity contribution in [3.8, 4) is 0 Å². The van der Waals surface area contributed by atoms with Crippen LogP contribution in [0.25, 0.3) is 0 Å². The molecule has 0 aromatic carbocycles. The van der Waals surface area contributed by atoms with E-state index >= 15 is 0 Å². The summed E-state index contributed by atoms with van der Waals surface area (Å²) in [5.41, 5.74) is 0.401. The average Bonchev–Trinajstić information content (AvgIpc) is 2.91. The van der Waals surface area contributed by atoms with Gasteiger partial charge >= 0.3 is 0 Å². The van der Waals surface area contributed by atoms with Gasteiger partial charge in [-0.25, -0.2) is 0 Å². The van der Waals surface area contributed by atoms with E-state index in [0.717, 1.165) is 31.9 Å². The molecule has 0 radical (unpaired) electrons. The highest BCUT2D eigenvalue weighted by Crippen LogP contribution is 2.32. The fraction of sp³-hybridized carbons (Fsp3) is 0.750. The number of piperazine rings is 1. The molecule has 2 fully saturated rings. The molecule has 0 unspecified atom stereocenters. The standard InChI is InChI=1S/C12H19N3O/c1-2-5-12(4-1)10-15(8-7-13-12)9-11-3-6-14-16-11/h3,6,13H,1-2,4-5,7-10H2. The Balaban J connectivity index is 1.63. The Hall–Kier alpha value is -0.870. The van der Waals surface area contributed by atoms with E-state index in [9.17, 15) is 0 Å². The number of rotatable bonds is 2. The maximum atomic E-state index is 5.18. The summed E-state index contributed by atoms with van der Waals surface area (Å²) in [6.45, 7) is 4.29. The van der Waals surface area contributed by atoms with E-state index in [2.05, 4.69) is 15.4 Å². The third-order valence-electron chi connectivity index (χ3n) is 3.89. The summed E-state index contributed by atoms with van der Waals surface area (Å²) in [6.07, 6.45) is 7.15. The zero-order chi connectivity index (χ0) is 10.8. The summed E-state index contributed by atoms with van der Waals surface area (Å²) in [5.74, 6) is 0.982. The molecule has 1 aliphatic carbocycles. The Kier molecular flexibility index (Phi) is 2.69. The lowest BCUT2D eigenvalue weighted by atomic mass is 9.94. The van der Waals surface area contributed by atoms with Crippen molar-refractivity contribution in [2.45, 2.75) is 37.8 Å². The van der Waals surface area contributed by atoms with Gasteiger partial charge in [-0.15, -0.1) is 0 Å². The van der Waals surface area contributed by atoms with E-state index in [4.69, 9.17) is 4.52 Å². The first-order valence-electron chi connectivity index (χ1n) is 6.23. The summed E-state index contributed by atoms with van der Waals surface area (Å²) in [5, 5.41) is 7.48. The van der Waals surface area contributed by atoms with Crippen molar-refractivity contribution < 1.29 is 4.52 Å². The van der Waals surface area contributed by atoms with E-state index in [1.54, 1.807) is 6.20 Å². The minimum absolute atomic E-state index is 0.401. The molecule has 1 saturated heterocycles. The fourth-order valence-electron chi connectivity index (χ4n) is 3.11. The first-order chi connectivity index (χ1) is 7.86. The molecule has 1 spiro atoms. The molecule has 1 saturated carbocycles. The monoisotopic (exact) mass is 221 g/mol. The van der Waals surface area contributed by atoms with Gasteiger partial charge in [-0.2, -0.15) is 0 Å². The van der Waals surface area contributed by atoms with Crippen molar-refractivity contribution in [2.24, 2.45) is 0 Å². The lowest BCUT2D eigenvalue weighted by Gasteiger charge is -2.41. The molecule has 3 rings (SSSR count). The Morgan fingerprint density at radius 2 is 2.31 bits per heavy atom. The Bertz CT molecular complexity index is 330. The van der Waals surface area contributed by atoms with Gasteiger partial charge in [-0.05, 0) is 12.8 Å². The topological polar surface area (TPSA) is 41.3 Å². The molecule has 88 valence electrons. The lowest BCUT2D eigenvalue weighted by molar-refractivity contribution is 0.119. The van der Waals surface area contributed by atoms with Gasteiger partial charge in [0.05, 0.1) is 12.7 Å². The summed E-state index contributed by atoms with van der Waals surface area (Å²) in [7, 11) is 0. The molecule has 2 aliphatic rings. The van der Waals surface area contributed by atoms with Gasteiger partial charge in [0.15, 0.2) is 5.76 Å². The van der Waals surface area contributed by atoms with Gasteiger partial charge in [0.2, 0.25) is 0 Å². The predicted molar refractivity (Wildman–Crippen MR) is 61.0 cm³/mol. The fourth-order valence-corrected chi connectivity index (χ4v) is 3.11. The zero-order valence-corrected chi connectivity index (χ0v) is 9.61. The zero-order valence-electron chi connectivity index (χ0n) is 9.61. The number of nitrogens with one attached hydrogen (secondary N) is 1. The van der Waals surface area contributed by atoms with Crippen LogP contribution in [0, 0.1) is 0 Å². The molecule has 1 N–H and O–H groups in total. The normalized spacial score (nSPS) is 25.2. The molecule has 0 amide bonds. The molecule has 0 atom stereocenters. The quantitative estimate of drug-likeness (QED) is 0.819. The van der Waals surface area contributed by atoms with Crippen LogP contribution >= 0.6 is 0 Å². The third-order valence-corrected chi connectivity index (χ3v) is 3.89. The number of nitrogens with zero attached hydrogens (tertiary/aromatic N) is 2. The van der Waals surface area contributed by atoms with Crippen LogP contribution in [-0.4, -0.2) is 35.2 Å². The van der Waals surface area contributed by atoms with Crippen LogP contribution in [0.4, 0.5) is 0 Å². The van der Waals surface area contributed by atoms with Gasteiger partial charge in [0, 0.05) is 31.2 Å². The molecule has 1 aromatic heterocycles. The van der Waals surface area contributed by atoms with Crippen LogP contribution in [0.5, 0.6) is 0 Å². The number of hydrogen-bond acceptors (Lipinski definition) is 4. The van der Waals surface area contributed by atoms with Crippen LogP contribution in [0.15, 0.2) is 16.8 Å². The Morgan fingerprint density at radius 3 is 3.06 bits per heavy atom. The van der Waals surface area contributed by atoms with Crippen LogP contribution < -0.4 is 5.32 Å². The SMILES string of the molecule is c1cc(CN2CCNC3(CCCC3)C2)on1. The highest BCUT2D eigenvalue weighted by Gasteiger charge is 2.37. The van der Waals surface area contributed by atoms with Gasteiger partial charge in [-0.1, -0.05) is 18.0 Å². The van der Waals surface area contributed by atoms with E-state index < -0.39 is 0 Å². The minimum Gasteiger partial charge on any atom is -0.360 e. The summed E-state index contributed by atoms with van der Waals surface area (Å²) >= 11 is 0. The first-order valence-corrected chi connectivity index (χ1v) is 6.23. The van der Waals surface area contributed by atoms with E-state index in [1.165, 1.54) is 25.7 Å². The van der Waals surface area contributed by atoms with Crippen molar-refractivity contribution in [1.29, 1.82) is 0 Å². The van der Waals surface area contributed by atoms with Crippen molar-refractivity contribution in [2.75, 3.05) is 19.6 Å². The largest absolute Gasteiger partial charge is 0.360 e. The van der Waals surface area contributed by atoms with E-state index in [-0.39, 0.29) is 0 Å². The smallest absolute Gasteiger partial charge is 0.150 e. The molecule has 0 bridgehead atoms. The molecular formula is C12H19N3O. The molecule has 1 aromatic rings. The van der Waals surface area contributed by atoms with Crippen LogP contribution in [-0.2, 0) is 6.54 Å². The van der Waals surface area contributed by atoms with E-state index in [0.29, 0.717) is 5.54 Å². The first kappa shape index (κ1) is 10.3. The molecule has 4 nitrogen and oxygen atoms in total. The van der Waals surface area contributed by atoms with Crippen molar-refractivity contribution in [3.63, 3.8) is 0 Å². The highest BCUT2D eigenvalue weighted by molar-refractivity contribution is 5.00. The maximum absolute atomic E-state index is 5.18.